The Balaban J connectivity index is 1.41. The number of H-pyrrole nitrogens is 1. The van der Waals surface area contributed by atoms with Gasteiger partial charge in [0.1, 0.15) is 22.7 Å². The first-order valence-corrected chi connectivity index (χ1v) is 12.6. The SMILES string of the molecule is CCN1CCC(Nc2nc(Nc3ccc(Oc4ccccc4)cc3)c3c(=O)[nH]cc(Br)c3n2)CC1. The number of fused-ring (bicyclic) bond motifs is 1. The highest BCUT2D eigenvalue weighted by atomic mass is 79.9. The lowest BCUT2D eigenvalue weighted by Crippen LogP contribution is -2.39. The van der Waals surface area contributed by atoms with Crippen molar-refractivity contribution in [2.45, 2.75) is 25.8 Å². The Morgan fingerprint density at radius 1 is 1.06 bits per heavy atom. The minimum atomic E-state index is -0.252. The minimum Gasteiger partial charge on any atom is -0.457 e. The number of benzene rings is 2. The molecule has 1 saturated heterocycles. The third-order valence-corrected chi connectivity index (χ3v) is 6.76. The summed E-state index contributed by atoms with van der Waals surface area (Å²) in [7, 11) is 0. The zero-order valence-corrected chi connectivity index (χ0v) is 21.0. The molecule has 5 rings (SSSR count). The van der Waals surface area contributed by atoms with Gasteiger partial charge in [-0.2, -0.15) is 4.98 Å². The van der Waals surface area contributed by atoms with Gasteiger partial charge in [-0.1, -0.05) is 25.1 Å². The Kier molecular flexibility index (Phi) is 6.96. The first-order chi connectivity index (χ1) is 17.1. The number of rotatable bonds is 7. The Morgan fingerprint density at radius 3 is 2.49 bits per heavy atom. The number of hydrogen-bond acceptors (Lipinski definition) is 7. The number of hydrogen-bond donors (Lipinski definition) is 3. The molecule has 35 heavy (non-hydrogen) atoms. The number of aromatic nitrogens is 3. The van der Waals surface area contributed by atoms with Crippen LogP contribution in [0.5, 0.6) is 11.5 Å². The van der Waals surface area contributed by atoms with E-state index in [2.05, 4.69) is 48.4 Å². The standard InChI is InChI=1S/C26H27BrN6O2/c1-2-33-14-12-18(13-15-33)30-26-31-23-21(27)16-28-25(34)22(23)24(32-26)29-17-8-10-20(11-9-17)35-19-6-4-3-5-7-19/h3-11,16,18H,2,12-15H2,1H3,(H,28,34)(H2,29,30,31,32). The van der Waals surface area contributed by atoms with Gasteiger partial charge in [0.2, 0.25) is 5.95 Å². The van der Waals surface area contributed by atoms with E-state index in [0.717, 1.165) is 49.7 Å². The van der Waals surface area contributed by atoms with Crippen LogP contribution in [0.15, 0.2) is 70.1 Å². The molecule has 2 aromatic carbocycles. The lowest BCUT2D eigenvalue weighted by Gasteiger charge is -2.31. The monoisotopic (exact) mass is 534 g/mol. The fraction of sp³-hybridized carbons (Fsp3) is 0.269. The van der Waals surface area contributed by atoms with Gasteiger partial charge in [-0.25, -0.2) is 4.98 Å². The molecule has 3 heterocycles. The summed E-state index contributed by atoms with van der Waals surface area (Å²) < 4.78 is 6.58. The quantitative estimate of drug-likeness (QED) is 0.287. The highest BCUT2D eigenvalue weighted by Gasteiger charge is 2.20. The molecule has 1 aliphatic rings. The summed E-state index contributed by atoms with van der Waals surface area (Å²) in [5, 5.41) is 7.19. The normalized spacial score (nSPS) is 14.7. The third-order valence-electron chi connectivity index (χ3n) is 6.16. The van der Waals surface area contributed by atoms with Gasteiger partial charge in [-0.3, -0.25) is 4.79 Å². The molecular weight excluding hydrogens is 508 g/mol. The molecule has 0 amide bonds. The maximum absolute atomic E-state index is 12.7. The van der Waals surface area contributed by atoms with Crippen LogP contribution in [0.3, 0.4) is 0 Å². The molecule has 0 radical (unpaired) electrons. The maximum Gasteiger partial charge on any atom is 0.261 e. The minimum absolute atomic E-state index is 0.252. The van der Waals surface area contributed by atoms with Crippen LogP contribution in [0.4, 0.5) is 17.5 Å². The second-order valence-corrected chi connectivity index (χ2v) is 9.36. The highest BCUT2D eigenvalue weighted by molar-refractivity contribution is 9.10. The van der Waals surface area contributed by atoms with Crippen LogP contribution in [0.1, 0.15) is 19.8 Å². The van der Waals surface area contributed by atoms with E-state index in [1.807, 2.05) is 54.6 Å². The molecule has 4 aromatic rings. The number of pyridine rings is 1. The van der Waals surface area contributed by atoms with E-state index >= 15 is 0 Å². The molecule has 0 aliphatic carbocycles. The van der Waals surface area contributed by atoms with Gasteiger partial charge in [-0.15, -0.1) is 0 Å². The zero-order chi connectivity index (χ0) is 24.2. The van der Waals surface area contributed by atoms with Crippen LogP contribution >= 0.6 is 15.9 Å². The molecular formula is C26H27BrN6O2. The van der Waals surface area contributed by atoms with Crippen molar-refractivity contribution in [3.63, 3.8) is 0 Å². The first-order valence-electron chi connectivity index (χ1n) is 11.8. The fourth-order valence-corrected chi connectivity index (χ4v) is 4.62. The molecule has 0 saturated carbocycles. The smallest absolute Gasteiger partial charge is 0.261 e. The van der Waals surface area contributed by atoms with Gasteiger partial charge in [0.25, 0.3) is 5.56 Å². The topological polar surface area (TPSA) is 95.2 Å². The second kappa shape index (κ2) is 10.5. The number of likely N-dealkylation sites (tertiary alicyclic amines) is 1. The van der Waals surface area contributed by atoms with E-state index in [4.69, 9.17) is 9.72 Å². The van der Waals surface area contributed by atoms with Crippen LogP contribution in [0.2, 0.25) is 0 Å². The van der Waals surface area contributed by atoms with Gasteiger partial charge in [0, 0.05) is 31.0 Å². The number of para-hydroxylation sites is 1. The van der Waals surface area contributed by atoms with Crippen LogP contribution in [-0.2, 0) is 0 Å². The number of aromatic amines is 1. The molecule has 3 N–H and O–H groups in total. The maximum atomic E-state index is 12.7. The summed E-state index contributed by atoms with van der Waals surface area (Å²) >= 11 is 3.53. The molecule has 1 aliphatic heterocycles. The lowest BCUT2D eigenvalue weighted by atomic mass is 10.1. The van der Waals surface area contributed by atoms with E-state index in [0.29, 0.717) is 33.2 Å². The van der Waals surface area contributed by atoms with Crippen molar-refractivity contribution >= 4 is 44.3 Å². The van der Waals surface area contributed by atoms with Crippen molar-refractivity contribution in [1.29, 1.82) is 0 Å². The fourth-order valence-electron chi connectivity index (χ4n) is 4.22. The van der Waals surface area contributed by atoms with E-state index < -0.39 is 0 Å². The van der Waals surface area contributed by atoms with E-state index in [1.165, 1.54) is 0 Å². The molecule has 180 valence electrons. The zero-order valence-electron chi connectivity index (χ0n) is 19.4. The van der Waals surface area contributed by atoms with Crippen LogP contribution in [0.25, 0.3) is 10.9 Å². The average molecular weight is 535 g/mol. The number of nitrogens with zero attached hydrogens (tertiary/aromatic N) is 3. The Labute approximate surface area is 211 Å². The summed E-state index contributed by atoms with van der Waals surface area (Å²) in [6, 6.07) is 17.5. The molecule has 0 atom stereocenters. The van der Waals surface area contributed by atoms with Crippen molar-refractivity contribution in [2.75, 3.05) is 30.3 Å². The number of ether oxygens (including phenoxy) is 1. The van der Waals surface area contributed by atoms with Gasteiger partial charge in [0.05, 0.1) is 9.99 Å². The summed E-state index contributed by atoms with van der Waals surface area (Å²) in [6.07, 6.45) is 3.66. The molecule has 9 heteroatoms. The van der Waals surface area contributed by atoms with E-state index in [9.17, 15) is 4.79 Å². The molecule has 1 fully saturated rings. The number of anilines is 3. The Morgan fingerprint density at radius 2 is 1.77 bits per heavy atom. The van der Waals surface area contributed by atoms with Crippen LogP contribution in [-0.4, -0.2) is 45.5 Å². The van der Waals surface area contributed by atoms with E-state index in [1.54, 1.807) is 6.20 Å². The van der Waals surface area contributed by atoms with Crippen molar-refractivity contribution in [3.8, 4) is 11.5 Å². The molecule has 0 spiro atoms. The predicted molar refractivity (Wildman–Crippen MR) is 143 cm³/mol. The number of piperidine rings is 1. The van der Waals surface area contributed by atoms with Gasteiger partial charge in [-0.05, 0) is 71.7 Å². The number of nitrogens with one attached hydrogen (secondary N) is 3. The predicted octanol–water partition coefficient (Wildman–Crippen LogP) is 5.51. The average Bonchev–Trinajstić information content (AvgIpc) is 2.88. The van der Waals surface area contributed by atoms with Gasteiger partial charge < -0.3 is 25.3 Å². The number of halogens is 1. The summed E-state index contributed by atoms with van der Waals surface area (Å²) in [5.74, 6) is 2.44. The Bertz CT molecular complexity index is 1350. The van der Waals surface area contributed by atoms with Gasteiger partial charge >= 0.3 is 0 Å². The molecule has 8 nitrogen and oxygen atoms in total. The molecule has 0 unspecified atom stereocenters. The lowest BCUT2D eigenvalue weighted by molar-refractivity contribution is 0.229. The largest absolute Gasteiger partial charge is 0.457 e. The van der Waals surface area contributed by atoms with Crippen molar-refractivity contribution < 1.29 is 4.74 Å². The highest BCUT2D eigenvalue weighted by Crippen LogP contribution is 2.29. The van der Waals surface area contributed by atoms with E-state index in [-0.39, 0.29) is 5.56 Å². The van der Waals surface area contributed by atoms with Crippen molar-refractivity contribution in [1.82, 2.24) is 19.9 Å². The Hall–Kier alpha value is -3.43. The third kappa shape index (κ3) is 5.47. The van der Waals surface area contributed by atoms with Crippen LogP contribution in [0, 0.1) is 0 Å². The van der Waals surface area contributed by atoms with Gasteiger partial charge in [0.15, 0.2) is 0 Å². The second-order valence-electron chi connectivity index (χ2n) is 8.50. The molecule has 0 bridgehead atoms. The summed E-state index contributed by atoms with van der Waals surface area (Å²) in [5.41, 5.74) is 1.09. The summed E-state index contributed by atoms with van der Waals surface area (Å²) in [4.78, 5) is 27.3. The van der Waals surface area contributed by atoms with Crippen molar-refractivity contribution in [3.05, 3.63) is 75.6 Å². The first kappa shape index (κ1) is 23.3. The van der Waals surface area contributed by atoms with Crippen LogP contribution < -0.4 is 20.9 Å². The molecule has 2 aromatic heterocycles. The van der Waals surface area contributed by atoms with Crippen molar-refractivity contribution in [2.24, 2.45) is 0 Å². The summed E-state index contributed by atoms with van der Waals surface area (Å²) in [6.45, 7) is 5.35.